The first kappa shape index (κ1) is 16.2. The predicted octanol–water partition coefficient (Wildman–Crippen LogP) is 2.42. The molecule has 0 aliphatic heterocycles. The highest BCUT2D eigenvalue weighted by molar-refractivity contribution is 5.81. The number of carbonyl (C=O) groups is 1. The van der Waals surface area contributed by atoms with Crippen LogP contribution >= 0.6 is 0 Å². The smallest absolute Gasteiger partial charge is 0.237 e. The molecule has 1 unspecified atom stereocenters. The highest BCUT2D eigenvalue weighted by Gasteiger charge is 2.17. The average molecular weight is 300 g/mol. The molecule has 118 valence electrons. The number of nitrogens with two attached hydrogens (primary N) is 1. The van der Waals surface area contributed by atoms with Crippen molar-refractivity contribution in [2.75, 3.05) is 0 Å². The lowest BCUT2D eigenvalue weighted by Gasteiger charge is -2.19. The molecule has 0 aliphatic rings. The van der Waals surface area contributed by atoms with E-state index >= 15 is 0 Å². The highest BCUT2D eigenvalue weighted by atomic mass is 16.2. The van der Waals surface area contributed by atoms with Gasteiger partial charge < -0.3 is 11.1 Å². The number of carbonyl (C=O) groups excluding carboxylic acids is 1. The maximum atomic E-state index is 12.1. The minimum absolute atomic E-state index is 0.0719. The lowest BCUT2D eigenvalue weighted by molar-refractivity contribution is -0.123. The van der Waals surface area contributed by atoms with E-state index in [-0.39, 0.29) is 11.9 Å². The summed E-state index contributed by atoms with van der Waals surface area (Å²) in [5, 5.41) is 7.16. The Morgan fingerprint density at radius 3 is 2.50 bits per heavy atom. The monoisotopic (exact) mass is 300 g/mol. The third-order valence-electron chi connectivity index (χ3n) is 3.58. The van der Waals surface area contributed by atoms with Crippen LogP contribution in [-0.2, 0) is 4.79 Å². The van der Waals surface area contributed by atoms with E-state index in [9.17, 15) is 4.79 Å². The van der Waals surface area contributed by atoms with Crippen LogP contribution in [0, 0.1) is 5.92 Å². The van der Waals surface area contributed by atoms with Crippen LogP contribution in [0.5, 0.6) is 0 Å². The van der Waals surface area contributed by atoms with Gasteiger partial charge in [-0.05, 0) is 43.0 Å². The first-order valence-corrected chi connectivity index (χ1v) is 7.63. The van der Waals surface area contributed by atoms with E-state index in [2.05, 4.69) is 24.3 Å². The van der Waals surface area contributed by atoms with Gasteiger partial charge in [-0.15, -0.1) is 0 Å². The minimum Gasteiger partial charge on any atom is -0.348 e. The summed E-state index contributed by atoms with van der Waals surface area (Å²) in [5.74, 6) is 0.307. The molecule has 0 radical (unpaired) electrons. The van der Waals surface area contributed by atoms with Crippen molar-refractivity contribution in [2.45, 2.75) is 39.3 Å². The first-order chi connectivity index (χ1) is 10.5. The van der Waals surface area contributed by atoms with Gasteiger partial charge in [-0.3, -0.25) is 4.79 Å². The summed E-state index contributed by atoms with van der Waals surface area (Å²) in [6, 6.07) is 9.32. The Morgan fingerprint density at radius 2 is 1.95 bits per heavy atom. The second-order valence-corrected chi connectivity index (χ2v) is 6.01. The fraction of sp³-hybridized carbons (Fsp3) is 0.412. The van der Waals surface area contributed by atoms with Gasteiger partial charge in [-0.25, -0.2) is 4.68 Å². The quantitative estimate of drug-likeness (QED) is 0.860. The maximum absolute atomic E-state index is 12.1. The van der Waals surface area contributed by atoms with Gasteiger partial charge >= 0.3 is 0 Å². The van der Waals surface area contributed by atoms with Crippen molar-refractivity contribution < 1.29 is 4.79 Å². The number of rotatable bonds is 6. The van der Waals surface area contributed by atoms with Crippen LogP contribution in [0.3, 0.4) is 0 Å². The zero-order chi connectivity index (χ0) is 16.1. The van der Waals surface area contributed by atoms with Crippen molar-refractivity contribution in [3.05, 3.63) is 48.3 Å². The Kier molecular flexibility index (Phi) is 5.33. The highest BCUT2D eigenvalue weighted by Crippen LogP contribution is 2.16. The summed E-state index contributed by atoms with van der Waals surface area (Å²) in [5.41, 5.74) is 7.94. The summed E-state index contributed by atoms with van der Waals surface area (Å²) < 4.78 is 1.80. The summed E-state index contributed by atoms with van der Waals surface area (Å²) in [6.45, 7) is 6.08. The molecule has 1 amide bonds. The molecule has 0 saturated carbocycles. The van der Waals surface area contributed by atoms with E-state index < -0.39 is 6.04 Å². The molecule has 1 aromatic carbocycles. The third-order valence-corrected chi connectivity index (χ3v) is 3.58. The fourth-order valence-electron chi connectivity index (χ4n) is 2.36. The lowest BCUT2D eigenvalue weighted by Crippen LogP contribution is -2.42. The number of amides is 1. The molecular weight excluding hydrogens is 276 g/mol. The number of nitrogens with one attached hydrogen (secondary N) is 1. The maximum Gasteiger partial charge on any atom is 0.237 e. The van der Waals surface area contributed by atoms with E-state index in [1.54, 1.807) is 10.9 Å². The Bertz CT molecular complexity index is 590. The van der Waals surface area contributed by atoms with Crippen LogP contribution in [0.4, 0.5) is 0 Å². The van der Waals surface area contributed by atoms with Crippen LogP contribution in [0.25, 0.3) is 5.69 Å². The van der Waals surface area contributed by atoms with Crippen LogP contribution in [0.2, 0.25) is 0 Å². The predicted molar refractivity (Wildman–Crippen MR) is 87.6 cm³/mol. The number of benzene rings is 1. The number of nitrogens with zero attached hydrogens (tertiary/aromatic N) is 2. The van der Waals surface area contributed by atoms with Crippen LogP contribution in [-0.4, -0.2) is 21.7 Å². The molecule has 0 fully saturated rings. The van der Waals surface area contributed by atoms with Gasteiger partial charge in [0.1, 0.15) is 0 Å². The molecule has 2 rings (SSSR count). The molecule has 5 heteroatoms. The lowest BCUT2D eigenvalue weighted by atomic mass is 10.0. The van der Waals surface area contributed by atoms with Gasteiger partial charge in [0, 0.05) is 12.4 Å². The SMILES string of the molecule is CC(C)C[C@H](N)C(=O)NC(C)c1ccc(-n2cccn2)cc1. The summed E-state index contributed by atoms with van der Waals surface area (Å²) in [6.07, 6.45) is 4.33. The minimum atomic E-state index is -0.453. The second-order valence-electron chi connectivity index (χ2n) is 6.01. The largest absolute Gasteiger partial charge is 0.348 e. The molecule has 0 bridgehead atoms. The van der Waals surface area contributed by atoms with Crippen molar-refractivity contribution in [3.8, 4) is 5.69 Å². The normalized spacial score (nSPS) is 13.9. The molecule has 0 saturated heterocycles. The Morgan fingerprint density at radius 1 is 1.27 bits per heavy atom. The van der Waals surface area contributed by atoms with Gasteiger partial charge in [0.15, 0.2) is 0 Å². The fourth-order valence-corrected chi connectivity index (χ4v) is 2.36. The molecule has 1 aromatic heterocycles. The van der Waals surface area contributed by atoms with E-state index in [1.807, 2.05) is 43.5 Å². The summed E-state index contributed by atoms with van der Waals surface area (Å²) in [7, 11) is 0. The molecule has 3 N–H and O–H groups in total. The Hall–Kier alpha value is -2.14. The van der Waals surface area contributed by atoms with Gasteiger partial charge in [0.05, 0.1) is 17.8 Å². The summed E-state index contributed by atoms with van der Waals surface area (Å²) >= 11 is 0. The molecule has 1 heterocycles. The van der Waals surface area contributed by atoms with Gasteiger partial charge in [-0.2, -0.15) is 5.10 Å². The second kappa shape index (κ2) is 7.22. The standard InChI is InChI=1S/C17H24N4O/c1-12(2)11-16(18)17(22)20-13(3)14-5-7-15(8-6-14)21-10-4-9-19-21/h4-10,12-13,16H,11,18H2,1-3H3,(H,20,22)/t13?,16-/m0/s1. The van der Waals surface area contributed by atoms with E-state index in [1.165, 1.54) is 0 Å². The van der Waals surface area contributed by atoms with Crippen molar-refractivity contribution in [1.82, 2.24) is 15.1 Å². The van der Waals surface area contributed by atoms with Gasteiger partial charge in [0.25, 0.3) is 0 Å². The molecule has 2 aromatic rings. The van der Waals surface area contributed by atoms with Gasteiger partial charge in [-0.1, -0.05) is 26.0 Å². The van der Waals surface area contributed by atoms with Crippen molar-refractivity contribution in [1.29, 1.82) is 0 Å². The number of hydrogen-bond donors (Lipinski definition) is 2. The van der Waals surface area contributed by atoms with Crippen LogP contribution < -0.4 is 11.1 Å². The Balaban J connectivity index is 1.98. The van der Waals surface area contributed by atoms with Crippen molar-refractivity contribution >= 4 is 5.91 Å². The number of hydrogen-bond acceptors (Lipinski definition) is 3. The van der Waals surface area contributed by atoms with Crippen LogP contribution in [0.1, 0.15) is 38.8 Å². The van der Waals surface area contributed by atoms with Crippen molar-refractivity contribution in [3.63, 3.8) is 0 Å². The molecule has 0 aliphatic carbocycles. The van der Waals surface area contributed by atoms with E-state index in [0.29, 0.717) is 12.3 Å². The van der Waals surface area contributed by atoms with E-state index in [0.717, 1.165) is 11.3 Å². The molecule has 2 atom stereocenters. The first-order valence-electron chi connectivity index (χ1n) is 7.63. The average Bonchev–Trinajstić information content (AvgIpc) is 3.00. The zero-order valence-electron chi connectivity index (χ0n) is 13.4. The zero-order valence-corrected chi connectivity index (χ0v) is 13.4. The van der Waals surface area contributed by atoms with Crippen molar-refractivity contribution in [2.24, 2.45) is 11.7 Å². The molecular formula is C17H24N4O. The number of aromatic nitrogens is 2. The molecule has 22 heavy (non-hydrogen) atoms. The van der Waals surface area contributed by atoms with E-state index in [4.69, 9.17) is 5.73 Å². The van der Waals surface area contributed by atoms with Gasteiger partial charge in [0.2, 0.25) is 5.91 Å². The molecule has 0 spiro atoms. The molecule has 5 nitrogen and oxygen atoms in total. The third kappa shape index (κ3) is 4.18. The topological polar surface area (TPSA) is 72.9 Å². The Labute approximate surface area is 131 Å². The summed E-state index contributed by atoms with van der Waals surface area (Å²) in [4.78, 5) is 12.1. The van der Waals surface area contributed by atoms with Crippen LogP contribution in [0.15, 0.2) is 42.7 Å².